The van der Waals surface area contributed by atoms with Crippen LogP contribution in [0.2, 0.25) is 0 Å². The number of rotatable bonds is 2. The monoisotopic (exact) mass is 218 g/mol. The second-order valence-electron chi connectivity index (χ2n) is 4.41. The van der Waals surface area contributed by atoms with Crippen LogP contribution in [0, 0.1) is 6.92 Å². The Balaban J connectivity index is 2.33. The molecular weight excluding hydrogens is 200 g/mol. The zero-order chi connectivity index (χ0) is 11.5. The first kappa shape index (κ1) is 11.1. The number of benzene rings is 1. The van der Waals surface area contributed by atoms with Gasteiger partial charge in [0.1, 0.15) is 0 Å². The van der Waals surface area contributed by atoms with E-state index < -0.39 is 0 Å². The topological polar surface area (TPSA) is 55.1 Å². The van der Waals surface area contributed by atoms with Crippen molar-refractivity contribution in [2.24, 2.45) is 5.73 Å². The fourth-order valence-corrected chi connectivity index (χ4v) is 2.50. The minimum atomic E-state index is -0.326. The van der Waals surface area contributed by atoms with Crippen molar-refractivity contribution in [3.8, 4) is 0 Å². The van der Waals surface area contributed by atoms with Gasteiger partial charge in [-0.2, -0.15) is 0 Å². The number of carbonyl (C=O) groups excluding carboxylic acids is 1. The van der Waals surface area contributed by atoms with Crippen LogP contribution in [0.15, 0.2) is 18.2 Å². The third-order valence-corrected chi connectivity index (χ3v) is 3.42. The van der Waals surface area contributed by atoms with Crippen molar-refractivity contribution in [3.05, 3.63) is 34.9 Å². The number of hydrogen-bond donors (Lipinski definition) is 2. The zero-order valence-corrected chi connectivity index (χ0v) is 9.62. The van der Waals surface area contributed by atoms with Crippen molar-refractivity contribution < 1.29 is 4.79 Å². The van der Waals surface area contributed by atoms with Gasteiger partial charge in [0.15, 0.2) is 0 Å². The first-order valence-electron chi connectivity index (χ1n) is 5.80. The minimum Gasteiger partial charge on any atom is -0.366 e. The van der Waals surface area contributed by atoms with Crippen LogP contribution in [0.4, 0.5) is 0 Å². The first-order valence-corrected chi connectivity index (χ1v) is 5.80. The van der Waals surface area contributed by atoms with E-state index in [-0.39, 0.29) is 5.91 Å². The van der Waals surface area contributed by atoms with Gasteiger partial charge in [0, 0.05) is 5.56 Å². The fourth-order valence-electron chi connectivity index (χ4n) is 2.50. The highest BCUT2D eigenvalue weighted by Crippen LogP contribution is 2.29. The Morgan fingerprint density at radius 2 is 2.06 bits per heavy atom. The van der Waals surface area contributed by atoms with E-state index in [1.165, 1.54) is 5.56 Å². The molecular formula is C13H18N2O. The van der Waals surface area contributed by atoms with E-state index in [0.717, 1.165) is 31.5 Å². The van der Waals surface area contributed by atoms with Gasteiger partial charge in [0.05, 0.1) is 0 Å². The molecule has 3 heteroatoms. The lowest BCUT2D eigenvalue weighted by Gasteiger charge is -2.25. The van der Waals surface area contributed by atoms with Gasteiger partial charge in [-0.05, 0) is 56.0 Å². The predicted octanol–water partition coefficient (Wildman–Crippen LogP) is 1.56. The molecule has 1 aliphatic heterocycles. The summed E-state index contributed by atoms with van der Waals surface area (Å²) >= 11 is 0. The molecule has 1 heterocycles. The summed E-state index contributed by atoms with van der Waals surface area (Å²) in [5.41, 5.74) is 8.37. The summed E-state index contributed by atoms with van der Waals surface area (Å²) in [5.74, 6) is 0.244. The molecule has 0 unspecified atom stereocenters. The molecule has 3 nitrogen and oxygen atoms in total. The number of hydrogen-bond acceptors (Lipinski definition) is 2. The maximum Gasteiger partial charge on any atom is 0.248 e. The van der Waals surface area contributed by atoms with E-state index >= 15 is 0 Å². The van der Waals surface area contributed by atoms with Gasteiger partial charge in [0.25, 0.3) is 0 Å². The quantitative estimate of drug-likeness (QED) is 0.791. The smallest absolute Gasteiger partial charge is 0.248 e. The molecule has 1 fully saturated rings. The van der Waals surface area contributed by atoms with Crippen molar-refractivity contribution in [2.45, 2.75) is 25.7 Å². The van der Waals surface area contributed by atoms with Crippen LogP contribution in [-0.2, 0) is 0 Å². The molecule has 0 bridgehead atoms. The van der Waals surface area contributed by atoms with Crippen LogP contribution >= 0.6 is 0 Å². The normalized spacial score (nSPS) is 17.3. The number of piperidine rings is 1. The summed E-state index contributed by atoms with van der Waals surface area (Å²) in [5, 5.41) is 3.35. The summed E-state index contributed by atoms with van der Waals surface area (Å²) in [7, 11) is 0. The van der Waals surface area contributed by atoms with Crippen LogP contribution < -0.4 is 11.1 Å². The highest BCUT2D eigenvalue weighted by Gasteiger charge is 2.18. The van der Waals surface area contributed by atoms with Crippen LogP contribution in [0.3, 0.4) is 0 Å². The molecule has 1 amide bonds. The molecule has 2 rings (SSSR count). The number of amides is 1. The van der Waals surface area contributed by atoms with Gasteiger partial charge in [-0.25, -0.2) is 0 Å². The van der Waals surface area contributed by atoms with Gasteiger partial charge < -0.3 is 11.1 Å². The van der Waals surface area contributed by atoms with Crippen molar-refractivity contribution >= 4 is 5.91 Å². The van der Waals surface area contributed by atoms with Crippen molar-refractivity contribution in [2.75, 3.05) is 13.1 Å². The SMILES string of the molecule is Cc1c(C(N)=O)cccc1C1CCNCC1. The Hall–Kier alpha value is -1.35. The first-order chi connectivity index (χ1) is 7.70. The molecule has 0 aliphatic carbocycles. The van der Waals surface area contributed by atoms with Gasteiger partial charge >= 0.3 is 0 Å². The second-order valence-corrected chi connectivity index (χ2v) is 4.41. The molecule has 0 aromatic heterocycles. The molecule has 3 N–H and O–H groups in total. The van der Waals surface area contributed by atoms with Gasteiger partial charge in [-0.15, -0.1) is 0 Å². The minimum absolute atomic E-state index is 0.326. The van der Waals surface area contributed by atoms with E-state index in [4.69, 9.17) is 5.73 Å². The summed E-state index contributed by atoms with van der Waals surface area (Å²) in [6.45, 7) is 4.12. The van der Waals surface area contributed by atoms with Crippen molar-refractivity contribution in [1.29, 1.82) is 0 Å². The average Bonchev–Trinajstić information content (AvgIpc) is 2.30. The predicted molar refractivity (Wildman–Crippen MR) is 64.5 cm³/mol. The second kappa shape index (κ2) is 4.66. The molecule has 0 radical (unpaired) electrons. The highest BCUT2D eigenvalue weighted by atomic mass is 16.1. The van der Waals surface area contributed by atoms with Crippen molar-refractivity contribution in [3.63, 3.8) is 0 Å². The van der Waals surface area contributed by atoms with Gasteiger partial charge in [0.2, 0.25) is 5.91 Å². The molecule has 0 atom stereocenters. The summed E-state index contributed by atoms with van der Waals surface area (Å²) in [4.78, 5) is 11.3. The number of nitrogens with two attached hydrogens (primary N) is 1. The van der Waals surface area contributed by atoms with Crippen LogP contribution in [0.1, 0.15) is 40.2 Å². The highest BCUT2D eigenvalue weighted by molar-refractivity contribution is 5.94. The van der Waals surface area contributed by atoms with E-state index in [0.29, 0.717) is 11.5 Å². The molecule has 16 heavy (non-hydrogen) atoms. The number of primary amides is 1. The lowest BCUT2D eigenvalue weighted by Crippen LogP contribution is -2.27. The third kappa shape index (κ3) is 2.09. The maximum atomic E-state index is 11.3. The summed E-state index contributed by atoms with van der Waals surface area (Å²) < 4.78 is 0. The van der Waals surface area contributed by atoms with Crippen LogP contribution in [-0.4, -0.2) is 19.0 Å². The van der Waals surface area contributed by atoms with Gasteiger partial charge in [-0.3, -0.25) is 4.79 Å². The van der Waals surface area contributed by atoms with E-state index in [2.05, 4.69) is 11.4 Å². The molecule has 1 aliphatic rings. The van der Waals surface area contributed by atoms with Gasteiger partial charge in [-0.1, -0.05) is 12.1 Å². The Morgan fingerprint density at radius 1 is 1.38 bits per heavy atom. The van der Waals surface area contributed by atoms with E-state index in [1.807, 2.05) is 19.1 Å². The lowest BCUT2D eigenvalue weighted by molar-refractivity contribution is 0.0999. The molecule has 0 spiro atoms. The largest absolute Gasteiger partial charge is 0.366 e. The lowest BCUT2D eigenvalue weighted by atomic mass is 9.86. The Kier molecular flexibility index (Phi) is 3.25. The maximum absolute atomic E-state index is 11.3. The number of nitrogens with one attached hydrogen (secondary N) is 1. The Morgan fingerprint density at radius 3 is 2.69 bits per heavy atom. The van der Waals surface area contributed by atoms with Crippen LogP contribution in [0.25, 0.3) is 0 Å². The molecule has 1 aromatic carbocycles. The molecule has 1 saturated heterocycles. The zero-order valence-electron chi connectivity index (χ0n) is 9.62. The molecule has 0 saturated carbocycles. The molecule has 1 aromatic rings. The number of carbonyl (C=O) groups is 1. The van der Waals surface area contributed by atoms with E-state index in [1.54, 1.807) is 0 Å². The third-order valence-electron chi connectivity index (χ3n) is 3.42. The Labute approximate surface area is 96.0 Å². The summed E-state index contributed by atoms with van der Waals surface area (Å²) in [6, 6.07) is 5.87. The summed E-state index contributed by atoms with van der Waals surface area (Å²) in [6.07, 6.45) is 2.28. The van der Waals surface area contributed by atoms with Crippen molar-refractivity contribution in [1.82, 2.24) is 5.32 Å². The van der Waals surface area contributed by atoms with Crippen LogP contribution in [0.5, 0.6) is 0 Å². The Bertz CT molecular complexity index is 395. The fraction of sp³-hybridized carbons (Fsp3) is 0.462. The average molecular weight is 218 g/mol. The molecule has 86 valence electrons. The standard InChI is InChI=1S/C13H18N2O/c1-9-11(10-5-7-15-8-6-10)3-2-4-12(9)13(14)16/h2-4,10,15H,5-8H2,1H3,(H2,14,16). The van der Waals surface area contributed by atoms with E-state index in [9.17, 15) is 4.79 Å².